The van der Waals surface area contributed by atoms with E-state index in [0.717, 1.165) is 122 Å². The molecule has 0 rings (SSSR count). The quantitative estimate of drug-likeness (QED) is 0.0261. The number of hydrogen-bond donors (Lipinski definition) is 0. The Bertz CT molecular complexity index is 1760. The van der Waals surface area contributed by atoms with Crippen molar-refractivity contribution in [1.29, 1.82) is 0 Å². The number of carbonyl (C=O) groups is 3. The van der Waals surface area contributed by atoms with E-state index in [1.807, 2.05) is 6.08 Å². The molecule has 0 aromatic heterocycles. The number of allylic oxidation sites excluding steroid dienone is 24. The Hall–Kier alpha value is -4.71. The summed E-state index contributed by atoms with van der Waals surface area (Å²) in [4.78, 5) is 38.3. The van der Waals surface area contributed by atoms with E-state index in [-0.39, 0.29) is 31.6 Å². The lowest BCUT2D eigenvalue weighted by molar-refractivity contribution is -0.166. The van der Waals surface area contributed by atoms with Gasteiger partial charge in [-0.05, 0) is 128 Å². The molecule has 0 aliphatic heterocycles. The first-order chi connectivity index (χ1) is 40.0. The number of esters is 3. The van der Waals surface area contributed by atoms with E-state index in [2.05, 4.69) is 161 Å². The molecule has 0 aromatic rings. The third kappa shape index (κ3) is 66.0. The van der Waals surface area contributed by atoms with Crippen LogP contribution in [0.3, 0.4) is 0 Å². The van der Waals surface area contributed by atoms with Crippen LogP contribution in [0, 0.1) is 0 Å². The Kier molecular flexibility index (Phi) is 63.9. The van der Waals surface area contributed by atoms with Crippen LogP contribution in [0.15, 0.2) is 146 Å². The number of carbonyl (C=O) groups excluding carboxylic acids is 3. The SMILES string of the molecule is CC/C=C\C/C=C\C/C=C\C/C=C\C/C=C\C/C=C\CCC(=O)OC(COC(=O)CCCCCCC/C=C\CCCCCC)COC(=O)CCCCCCCCCCCCCCCCC/C=C\C/C=C\C/C=C\C/C=C\C/C=C\CC. The standard InChI is InChI=1S/C75H122O6/c1-4-7-10-13-16-19-22-25-27-29-31-32-33-34-35-36-37-38-39-40-41-42-44-45-47-50-53-56-59-62-65-68-74(77)80-71-72(70-79-73(76)67-64-61-58-55-52-49-24-21-18-15-12-9-6-3)81-75(78)69-66-63-60-57-54-51-48-46-43-30-28-26-23-20-17-14-11-8-5-2/h7-8,10-11,16-17,19-21,24-28,31-32,34-35,43,46,51,54,60,63,72H,4-6,9,12-15,18,22-23,29-30,33,36-42,44-45,47-50,52-53,55-59,61-62,64-71H2,1-3H3/b10-7-,11-8-,19-16-,20-17-,24-21-,27-25-,28-26-,32-31-,35-34-,46-43-,54-51-,63-60-. The Labute approximate surface area is 499 Å². The maximum Gasteiger partial charge on any atom is 0.306 e. The zero-order chi connectivity index (χ0) is 58.5. The summed E-state index contributed by atoms with van der Waals surface area (Å²) in [5.74, 6) is -1.01. The maximum absolute atomic E-state index is 12.9. The molecule has 0 saturated heterocycles. The second kappa shape index (κ2) is 67.8. The Morgan fingerprint density at radius 1 is 0.259 bits per heavy atom. The molecule has 0 radical (unpaired) electrons. The molecular weight excluding hydrogens is 997 g/mol. The van der Waals surface area contributed by atoms with Crippen LogP contribution < -0.4 is 0 Å². The number of rotatable bonds is 59. The van der Waals surface area contributed by atoms with Crippen LogP contribution in [0.4, 0.5) is 0 Å². The highest BCUT2D eigenvalue weighted by Gasteiger charge is 2.19. The highest BCUT2D eigenvalue weighted by atomic mass is 16.6. The Morgan fingerprint density at radius 3 is 0.815 bits per heavy atom. The van der Waals surface area contributed by atoms with Gasteiger partial charge in [0, 0.05) is 19.3 Å². The molecule has 6 nitrogen and oxygen atoms in total. The van der Waals surface area contributed by atoms with Gasteiger partial charge in [-0.25, -0.2) is 0 Å². The first kappa shape index (κ1) is 76.3. The van der Waals surface area contributed by atoms with Gasteiger partial charge in [-0.1, -0.05) is 289 Å². The summed E-state index contributed by atoms with van der Waals surface area (Å²) in [7, 11) is 0. The molecule has 0 fully saturated rings. The lowest BCUT2D eigenvalue weighted by Crippen LogP contribution is -2.30. The molecule has 1 atom stereocenters. The molecule has 0 bridgehead atoms. The second-order valence-corrected chi connectivity index (χ2v) is 21.6. The van der Waals surface area contributed by atoms with Crippen molar-refractivity contribution in [2.75, 3.05) is 13.2 Å². The molecule has 458 valence electrons. The number of unbranched alkanes of at least 4 members (excludes halogenated alkanes) is 24. The van der Waals surface area contributed by atoms with Gasteiger partial charge in [-0.15, -0.1) is 0 Å². The van der Waals surface area contributed by atoms with Crippen LogP contribution in [0.2, 0.25) is 0 Å². The molecule has 0 spiro atoms. The van der Waals surface area contributed by atoms with Gasteiger partial charge in [-0.2, -0.15) is 0 Å². The third-order valence-corrected chi connectivity index (χ3v) is 13.8. The summed E-state index contributed by atoms with van der Waals surface area (Å²) in [6, 6.07) is 0. The van der Waals surface area contributed by atoms with Crippen molar-refractivity contribution in [3.63, 3.8) is 0 Å². The predicted octanol–water partition coefficient (Wildman–Crippen LogP) is 23.1. The predicted molar refractivity (Wildman–Crippen MR) is 352 cm³/mol. The smallest absolute Gasteiger partial charge is 0.306 e. The normalized spacial score (nSPS) is 13.1. The summed E-state index contributed by atoms with van der Waals surface area (Å²) in [6.45, 7) is 6.34. The number of ether oxygens (including phenoxy) is 3. The molecule has 0 aromatic carbocycles. The molecule has 0 amide bonds. The van der Waals surface area contributed by atoms with Crippen LogP contribution in [-0.2, 0) is 28.6 Å². The van der Waals surface area contributed by atoms with E-state index in [4.69, 9.17) is 14.2 Å². The minimum atomic E-state index is -0.827. The molecule has 0 aliphatic carbocycles. The molecule has 0 heterocycles. The fraction of sp³-hybridized carbons (Fsp3) is 0.640. The van der Waals surface area contributed by atoms with Crippen LogP contribution in [0.25, 0.3) is 0 Å². The van der Waals surface area contributed by atoms with Crippen molar-refractivity contribution < 1.29 is 28.6 Å². The van der Waals surface area contributed by atoms with E-state index in [1.54, 1.807) is 0 Å². The van der Waals surface area contributed by atoms with E-state index in [1.165, 1.54) is 122 Å². The topological polar surface area (TPSA) is 78.9 Å². The molecular formula is C75H122O6. The fourth-order valence-corrected chi connectivity index (χ4v) is 8.90. The minimum Gasteiger partial charge on any atom is -0.462 e. The van der Waals surface area contributed by atoms with Gasteiger partial charge in [0.1, 0.15) is 13.2 Å². The number of hydrogen-bond acceptors (Lipinski definition) is 6. The average Bonchev–Trinajstić information content (AvgIpc) is 3.46. The first-order valence-electron chi connectivity index (χ1n) is 33.3. The van der Waals surface area contributed by atoms with Crippen molar-refractivity contribution in [1.82, 2.24) is 0 Å². The maximum atomic E-state index is 12.9. The monoisotopic (exact) mass is 1120 g/mol. The fourth-order valence-electron chi connectivity index (χ4n) is 8.90. The van der Waals surface area contributed by atoms with Gasteiger partial charge < -0.3 is 14.2 Å². The van der Waals surface area contributed by atoms with Gasteiger partial charge in [0.2, 0.25) is 0 Å². The molecule has 0 N–H and O–H groups in total. The van der Waals surface area contributed by atoms with Crippen LogP contribution in [0.5, 0.6) is 0 Å². The van der Waals surface area contributed by atoms with E-state index in [0.29, 0.717) is 19.3 Å². The molecule has 6 heteroatoms. The van der Waals surface area contributed by atoms with Crippen LogP contribution in [0.1, 0.15) is 290 Å². The van der Waals surface area contributed by atoms with Crippen LogP contribution in [-0.4, -0.2) is 37.2 Å². The molecule has 81 heavy (non-hydrogen) atoms. The largest absolute Gasteiger partial charge is 0.462 e. The van der Waals surface area contributed by atoms with Crippen molar-refractivity contribution in [3.05, 3.63) is 146 Å². The van der Waals surface area contributed by atoms with Gasteiger partial charge in [0.05, 0.1) is 0 Å². The Morgan fingerprint density at radius 2 is 0.506 bits per heavy atom. The van der Waals surface area contributed by atoms with Crippen molar-refractivity contribution in [3.8, 4) is 0 Å². The minimum absolute atomic E-state index is 0.114. The average molecular weight is 1120 g/mol. The Balaban J connectivity index is 4.33. The van der Waals surface area contributed by atoms with Crippen molar-refractivity contribution >= 4 is 17.9 Å². The van der Waals surface area contributed by atoms with Gasteiger partial charge in [0.15, 0.2) is 6.10 Å². The van der Waals surface area contributed by atoms with Gasteiger partial charge in [-0.3, -0.25) is 14.4 Å². The van der Waals surface area contributed by atoms with E-state index < -0.39 is 12.1 Å². The van der Waals surface area contributed by atoms with Gasteiger partial charge in [0.25, 0.3) is 0 Å². The molecule has 0 saturated carbocycles. The second-order valence-electron chi connectivity index (χ2n) is 21.6. The molecule has 1 unspecified atom stereocenters. The van der Waals surface area contributed by atoms with E-state index in [9.17, 15) is 14.4 Å². The summed E-state index contributed by atoms with van der Waals surface area (Å²) in [6.07, 6.45) is 97.4. The lowest BCUT2D eigenvalue weighted by Gasteiger charge is -2.18. The summed E-state index contributed by atoms with van der Waals surface area (Å²) >= 11 is 0. The molecule has 0 aliphatic rings. The summed E-state index contributed by atoms with van der Waals surface area (Å²) < 4.78 is 16.8. The van der Waals surface area contributed by atoms with Gasteiger partial charge >= 0.3 is 17.9 Å². The zero-order valence-electron chi connectivity index (χ0n) is 52.5. The summed E-state index contributed by atoms with van der Waals surface area (Å²) in [5, 5.41) is 0. The zero-order valence-corrected chi connectivity index (χ0v) is 52.5. The highest BCUT2D eigenvalue weighted by Crippen LogP contribution is 2.16. The van der Waals surface area contributed by atoms with Crippen LogP contribution >= 0.6 is 0 Å². The summed E-state index contributed by atoms with van der Waals surface area (Å²) in [5.41, 5.74) is 0. The highest BCUT2D eigenvalue weighted by molar-refractivity contribution is 5.71. The van der Waals surface area contributed by atoms with Crippen molar-refractivity contribution in [2.24, 2.45) is 0 Å². The first-order valence-corrected chi connectivity index (χ1v) is 33.3. The van der Waals surface area contributed by atoms with E-state index >= 15 is 0 Å². The van der Waals surface area contributed by atoms with Crippen molar-refractivity contribution in [2.45, 2.75) is 297 Å². The lowest BCUT2D eigenvalue weighted by atomic mass is 10.0. The third-order valence-electron chi connectivity index (χ3n) is 13.8.